The molecule has 2 N–H and O–H groups in total. The second kappa shape index (κ2) is 7.89. The maximum Gasteiger partial charge on any atom is 0.409 e. The molecule has 2 amide bonds. The van der Waals surface area contributed by atoms with Gasteiger partial charge >= 0.3 is 12.2 Å². The van der Waals surface area contributed by atoms with Crippen LogP contribution in [0.15, 0.2) is 48.5 Å². The number of benzene rings is 2. The predicted octanol–water partition coefficient (Wildman–Crippen LogP) is 3.50. The predicted molar refractivity (Wildman–Crippen MR) is 116 cm³/mol. The summed E-state index contributed by atoms with van der Waals surface area (Å²) in [4.78, 5) is 26.7. The fraction of sp³-hybridized carbons (Fsp3) is 0.417. The van der Waals surface area contributed by atoms with Gasteiger partial charge in [0.05, 0.1) is 31.8 Å². The van der Waals surface area contributed by atoms with Gasteiger partial charge in [0.15, 0.2) is 0 Å². The normalized spacial score (nSPS) is 22.6. The van der Waals surface area contributed by atoms with E-state index in [9.17, 15) is 14.7 Å². The third-order valence-electron chi connectivity index (χ3n) is 5.84. The Morgan fingerprint density at radius 2 is 1.58 bits per heavy atom. The molecule has 164 valence electrons. The van der Waals surface area contributed by atoms with Crippen molar-refractivity contribution in [2.24, 2.45) is 0 Å². The zero-order chi connectivity index (χ0) is 22.3. The highest BCUT2D eigenvalue weighted by Gasteiger charge is 2.51. The van der Waals surface area contributed by atoms with Crippen molar-refractivity contribution in [1.82, 2.24) is 10.2 Å². The summed E-state index contributed by atoms with van der Waals surface area (Å²) in [5.41, 5.74) is 3.59. The summed E-state index contributed by atoms with van der Waals surface area (Å²) in [6, 6.07) is 14.8. The van der Waals surface area contributed by atoms with Gasteiger partial charge in [0.25, 0.3) is 0 Å². The van der Waals surface area contributed by atoms with Crippen molar-refractivity contribution < 1.29 is 24.2 Å². The molecule has 0 aromatic heterocycles. The monoisotopic (exact) mass is 424 g/mol. The summed E-state index contributed by atoms with van der Waals surface area (Å²) in [6.07, 6.45) is -2.14. The average molecular weight is 424 g/mol. The molecule has 31 heavy (non-hydrogen) atoms. The molecule has 2 aromatic carbocycles. The maximum absolute atomic E-state index is 12.7. The SMILES string of the molecule is COC(=O)N1C[C@@H](O)[C@H](NC(=O)OC(C)(C)C)C1C1c2ccccc2-c2ccccc21. The highest BCUT2D eigenvalue weighted by atomic mass is 16.6. The summed E-state index contributed by atoms with van der Waals surface area (Å²) < 4.78 is 10.4. The molecule has 1 saturated heterocycles. The van der Waals surface area contributed by atoms with Crippen LogP contribution in [0.4, 0.5) is 9.59 Å². The zero-order valence-corrected chi connectivity index (χ0v) is 18.2. The second-order valence-corrected chi connectivity index (χ2v) is 9.00. The molecule has 1 unspecified atom stereocenters. The number of ether oxygens (including phenoxy) is 2. The number of nitrogens with zero attached hydrogens (tertiary/aromatic N) is 1. The number of hydrogen-bond acceptors (Lipinski definition) is 5. The van der Waals surface area contributed by atoms with Crippen LogP contribution >= 0.6 is 0 Å². The number of nitrogens with one attached hydrogen (secondary N) is 1. The Hall–Kier alpha value is -3.06. The van der Waals surface area contributed by atoms with Crippen LogP contribution in [0.25, 0.3) is 11.1 Å². The number of alkyl carbamates (subject to hydrolysis) is 1. The molecule has 7 heteroatoms. The van der Waals surface area contributed by atoms with Gasteiger partial charge < -0.3 is 19.9 Å². The van der Waals surface area contributed by atoms with E-state index in [1.165, 1.54) is 12.0 Å². The Morgan fingerprint density at radius 3 is 2.10 bits per heavy atom. The van der Waals surface area contributed by atoms with Gasteiger partial charge in [-0.1, -0.05) is 48.5 Å². The maximum atomic E-state index is 12.7. The molecule has 0 saturated carbocycles. The van der Waals surface area contributed by atoms with E-state index in [4.69, 9.17) is 9.47 Å². The van der Waals surface area contributed by atoms with Crippen molar-refractivity contribution >= 4 is 12.2 Å². The summed E-state index contributed by atoms with van der Waals surface area (Å²) in [7, 11) is 1.32. The van der Waals surface area contributed by atoms with E-state index in [1.807, 2.05) is 36.4 Å². The molecule has 2 aliphatic rings. The van der Waals surface area contributed by atoms with Crippen molar-refractivity contribution in [3.05, 3.63) is 59.7 Å². The van der Waals surface area contributed by atoms with Gasteiger partial charge in [0, 0.05) is 5.92 Å². The third-order valence-corrected chi connectivity index (χ3v) is 5.84. The number of β-amino-alcohol motifs (C(OH)–C–C–N with tert-alkyl or cyclic N) is 1. The van der Waals surface area contributed by atoms with Crippen LogP contribution < -0.4 is 5.32 Å². The van der Waals surface area contributed by atoms with Crippen molar-refractivity contribution in [2.75, 3.05) is 13.7 Å². The molecule has 2 aromatic rings. The van der Waals surface area contributed by atoms with Gasteiger partial charge in [-0.3, -0.25) is 4.90 Å². The number of rotatable bonds is 2. The fourth-order valence-electron chi connectivity index (χ4n) is 4.75. The van der Waals surface area contributed by atoms with Gasteiger partial charge in [0.2, 0.25) is 0 Å². The molecule has 1 aliphatic carbocycles. The minimum atomic E-state index is -0.962. The van der Waals surface area contributed by atoms with Crippen LogP contribution in [0.3, 0.4) is 0 Å². The van der Waals surface area contributed by atoms with Crippen LogP contribution in [0.1, 0.15) is 37.8 Å². The summed E-state index contributed by atoms with van der Waals surface area (Å²) in [5, 5.41) is 13.7. The van der Waals surface area contributed by atoms with Crippen molar-refractivity contribution in [3.63, 3.8) is 0 Å². The van der Waals surface area contributed by atoms with E-state index >= 15 is 0 Å². The lowest BCUT2D eigenvalue weighted by Crippen LogP contribution is -2.52. The van der Waals surface area contributed by atoms with Crippen molar-refractivity contribution in [2.45, 2.75) is 50.5 Å². The van der Waals surface area contributed by atoms with E-state index in [1.54, 1.807) is 20.8 Å². The number of aliphatic hydroxyl groups excluding tert-OH is 1. The van der Waals surface area contributed by atoms with Gasteiger partial charge in [-0.25, -0.2) is 9.59 Å². The Morgan fingerprint density at radius 1 is 1.03 bits per heavy atom. The van der Waals surface area contributed by atoms with Gasteiger partial charge in [-0.15, -0.1) is 0 Å². The Balaban J connectivity index is 1.78. The smallest absolute Gasteiger partial charge is 0.409 e. The average Bonchev–Trinajstić information content (AvgIpc) is 3.21. The van der Waals surface area contributed by atoms with E-state index in [-0.39, 0.29) is 12.5 Å². The van der Waals surface area contributed by atoms with Gasteiger partial charge in [-0.05, 0) is 43.0 Å². The molecule has 1 heterocycles. The Labute approximate surface area is 182 Å². The highest BCUT2D eigenvalue weighted by molar-refractivity contribution is 5.80. The zero-order valence-electron chi connectivity index (χ0n) is 18.2. The second-order valence-electron chi connectivity index (χ2n) is 9.00. The van der Waals surface area contributed by atoms with Crippen LogP contribution in [0.2, 0.25) is 0 Å². The molecule has 1 aliphatic heterocycles. The fourth-order valence-corrected chi connectivity index (χ4v) is 4.75. The molecule has 0 spiro atoms. The molecule has 1 fully saturated rings. The van der Waals surface area contributed by atoms with Crippen molar-refractivity contribution in [3.8, 4) is 11.1 Å². The van der Waals surface area contributed by atoms with Crippen LogP contribution in [0.5, 0.6) is 0 Å². The topological polar surface area (TPSA) is 88.1 Å². The number of fused-ring (bicyclic) bond motifs is 3. The molecular formula is C24H28N2O5. The van der Waals surface area contributed by atoms with E-state index in [2.05, 4.69) is 17.4 Å². The molecule has 3 atom stereocenters. The quantitative estimate of drug-likeness (QED) is 0.770. The summed E-state index contributed by atoms with van der Waals surface area (Å²) in [6.45, 7) is 5.39. The summed E-state index contributed by atoms with van der Waals surface area (Å²) >= 11 is 0. The first-order chi connectivity index (χ1) is 14.7. The minimum absolute atomic E-state index is 0.0542. The largest absolute Gasteiger partial charge is 0.453 e. The molecule has 0 radical (unpaired) electrons. The molecule has 7 nitrogen and oxygen atoms in total. The first-order valence-corrected chi connectivity index (χ1v) is 10.4. The highest BCUT2D eigenvalue weighted by Crippen LogP contribution is 2.49. The van der Waals surface area contributed by atoms with Gasteiger partial charge in [-0.2, -0.15) is 0 Å². The number of carbonyl (C=O) groups excluding carboxylic acids is 2. The Bertz CT molecular complexity index is 954. The van der Waals surface area contributed by atoms with E-state index in [0.717, 1.165) is 22.3 Å². The summed E-state index contributed by atoms with van der Waals surface area (Å²) in [5.74, 6) is -0.233. The molecule has 0 bridgehead atoms. The first-order valence-electron chi connectivity index (χ1n) is 10.4. The van der Waals surface area contributed by atoms with Crippen LogP contribution in [0, 0.1) is 0 Å². The lowest BCUT2D eigenvalue weighted by atomic mass is 9.85. The third kappa shape index (κ3) is 3.85. The van der Waals surface area contributed by atoms with Crippen LogP contribution in [-0.4, -0.2) is 59.6 Å². The van der Waals surface area contributed by atoms with Crippen LogP contribution in [-0.2, 0) is 9.47 Å². The van der Waals surface area contributed by atoms with Gasteiger partial charge in [0.1, 0.15) is 5.60 Å². The van der Waals surface area contributed by atoms with E-state index < -0.39 is 36.0 Å². The van der Waals surface area contributed by atoms with Crippen molar-refractivity contribution in [1.29, 1.82) is 0 Å². The lowest BCUT2D eigenvalue weighted by molar-refractivity contribution is 0.0439. The minimum Gasteiger partial charge on any atom is -0.453 e. The number of hydrogen-bond donors (Lipinski definition) is 2. The number of aliphatic hydroxyl groups is 1. The standard InChI is InChI=1S/C24H28N2O5/c1-24(2,3)31-22(28)25-20-18(27)13-26(23(29)30-4)21(20)19-16-11-7-5-9-14(16)15-10-6-8-12-17(15)19/h5-12,18-21,27H,13H2,1-4H3,(H,25,28)/t18-,20+,21?/m1/s1. The lowest BCUT2D eigenvalue weighted by Gasteiger charge is -2.34. The number of carbonyl (C=O) groups is 2. The number of amides is 2. The Kier molecular flexibility index (Phi) is 5.39. The first kappa shape index (κ1) is 21.2. The molecule has 4 rings (SSSR count). The number of methoxy groups -OCH3 is 1. The number of likely N-dealkylation sites (tertiary alicyclic amines) is 1. The molecular weight excluding hydrogens is 396 g/mol. The van der Waals surface area contributed by atoms with E-state index in [0.29, 0.717) is 0 Å².